The SMILES string of the molecule is CC(=O)OC1=CN2C(C)=C(C(C)=O)C(c3ccccc3)C(C#N)=C2SC1. The Balaban J connectivity index is 2.19. The van der Waals surface area contributed by atoms with E-state index in [1.54, 1.807) is 11.1 Å². The predicted molar refractivity (Wildman–Crippen MR) is 99.3 cm³/mol. The number of thioether (sulfide) groups is 1. The third-order valence-electron chi connectivity index (χ3n) is 4.31. The minimum Gasteiger partial charge on any atom is -0.429 e. The fraction of sp³-hybridized carbons (Fsp3) is 0.250. The fourth-order valence-electron chi connectivity index (χ4n) is 3.30. The van der Waals surface area contributed by atoms with E-state index in [-0.39, 0.29) is 11.7 Å². The third-order valence-corrected chi connectivity index (χ3v) is 5.43. The summed E-state index contributed by atoms with van der Waals surface area (Å²) in [6.07, 6.45) is 1.70. The number of rotatable bonds is 3. The molecule has 0 fully saturated rings. The summed E-state index contributed by atoms with van der Waals surface area (Å²) in [6, 6.07) is 11.9. The van der Waals surface area contributed by atoms with Crippen LogP contribution in [0.5, 0.6) is 0 Å². The molecule has 1 aromatic carbocycles. The second-order valence-corrected chi connectivity index (χ2v) is 7.04. The molecule has 3 rings (SSSR count). The van der Waals surface area contributed by atoms with Gasteiger partial charge in [-0.2, -0.15) is 5.26 Å². The summed E-state index contributed by atoms with van der Waals surface area (Å²) < 4.78 is 5.21. The number of carbonyl (C=O) groups excluding carboxylic acids is 2. The Bertz CT molecular complexity index is 907. The van der Waals surface area contributed by atoms with E-state index >= 15 is 0 Å². The van der Waals surface area contributed by atoms with Gasteiger partial charge in [0.2, 0.25) is 0 Å². The molecule has 1 unspecified atom stereocenters. The number of fused-ring (bicyclic) bond motifs is 1. The van der Waals surface area contributed by atoms with Crippen molar-refractivity contribution in [3.8, 4) is 6.07 Å². The molecule has 6 heteroatoms. The zero-order chi connectivity index (χ0) is 18.8. The van der Waals surface area contributed by atoms with Crippen LogP contribution in [0, 0.1) is 11.3 Å². The second-order valence-electron chi connectivity index (χ2n) is 6.08. The van der Waals surface area contributed by atoms with Gasteiger partial charge < -0.3 is 9.64 Å². The molecule has 132 valence electrons. The Morgan fingerprint density at radius 3 is 2.54 bits per heavy atom. The molecule has 0 radical (unpaired) electrons. The number of allylic oxidation sites excluding steroid dienone is 3. The van der Waals surface area contributed by atoms with Crippen LogP contribution in [0.3, 0.4) is 0 Å². The molecule has 1 aromatic rings. The second kappa shape index (κ2) is 7.22. The largest absolute Gasteiger partial charge is 0.429 e. The van der Waals surface area contributed by atoms with Gasteiger partial charge in [-0.05, 0) is 19.4 Å². The van der Waals surface area contributed by atoms with Crippen LogP contribution < -0.4 is 0 Å². The van der Waals surface area contributed by atoms with Gasteiger partial charge >= 0.3 is 5.97 Å². The van der Waals surface area contributed by atoms with Crippen molar-refractivity contribution in [2.75, 3.05) is 5.75 Å². The molecule has 0 aromatic heterocycles. The van der Waals surface area contributed by atoms with Crippen molar-refractivity contribution in [1.82, 2.24) is 4.90 Å². The van der Waals surface area contributed by atoms with Gasteiger partial charge in [0.25, 0.3) is 0 Å². The molecule has 0 bridgehead atoms. The number of carbonyl (C=O) groups is 2. The quantitative estimate of drug-likeness (QED) is 0.757. The monoisotopic (exact) mass is 366 g/mol. The smallest absolute Gasteiger partial charge is 0.307 e. The number of nitrogens with zero attached hydrogens (tertiary/aromatic N) is 2. The molecule has 2 heterocycles. The average Bonchev–Trinajstić information content (AvgIpc) is 2.61. The van der Waals surface area contributed by atoms with Gasteiger partial charge in [0.15, 0.2) is 5.78 Å². The molecule has 0 spiro atoms. The highest BCUT2D eigenvalue weighted by molar-refractivity contribution is 8.03. The number of esters is 1. The van der Waals surface area contributed by atoms with E-state index in [2.05, 4.69) is 6.07 Å². The van der Waals surface area contributed by atoms with Crippen molar-refractivity contribution < 1.29 is 14.3 Å². The predicted octanol–water partition coefficient (Wildman–Crippen LogP) is 3.84. The zero-order valence-corrected chi connectivity index (χ0v) is 15.6. The molecular formula is C20H18N2O3S. The van der Waals surface area contributed by atoms with E-state index in [1.807, 2.05) is 37.3 Å². The normalized spacial score (nSPS) is 19.5. The molecule has 2 aliphatic heterocycles. The van der Waals surface area contributed by atoms with Crippen molar-refractivity contribution in [2.24, 2.45) is 0 Å². The highest BCUT2D eigenvalue weighted by Gasteiger charge is 2.37. The number of hydrogen-bond donors (Lipinski definition) is 0. The Morgan fingerprint density at radius 1 is 1.27 bits per heavy atom. The lowest BCUT2D eigenvalue weighted by atomic mass is 9.80. The number of ether oxygens (including phenoxy) is 1. The summed E-state index contributed by atoms with van der Waals surface area (Å²) in [5.41, 5.74) is 2.78. The van der Waals surface area contributed by atoms with Gasteiger partial charge in [0, 0.05) is 24.4 Å². The summed E-state index contributed by atoms with van der Waals surface area (Å²) in [5, 5.41) is 10.6. The highest BCUT2D eigenvalue weighted by Crippen LogP contribution is 2.47. The van der Waals surface area contributed by atoms with Gasteiger partial charge in [-0.15, -0.1) is 0 Å². The Morgan fingerprint density at radius 2 is 1.96 bits per heavy atom. The van der Waals surface area contributed by atoms with Crippen LogP contribution in [0.15, 0.2) is 64.2 Å². The van der Waals surface area contributed by atoms with E-state index in [0.717, 1.165) is 16.3 Å². The molecular weight excluding hydrogens is 348 g/mol. The number of Topliss-reactive ketones (excluding diaryl/α,β-unsaturated/α-hetero) is 1. The summed E-state index contributed by atoms with van der Waals surface area (Å²) in [7, 11) is 0. The number of benzene rings is 1. The molecule has 26 heavy (non-hydrogen) atoms. The molecule has 0 amide bonds. The Kier molecular flexibility index (Phi) is 5.01. The van der Waals surface area contributed by atoms with Gasteiger partial charge in [-0.25, -0.2) is 0 Å². The number of nitriles is 1. The lowest BCUT2D eigenvalue weighted by molar-refractivity contribution is -0.136. The fourth-order valence-corrected chi connectivity index (χ4v) is 4.36. The van der Waals surface area contributed by atoms with Crippen molar-refractivity contribution in [3.63, 3.8) is 0 Å². The summed E-state index contributed by atoms with van der Waals surface area (Å²) in [6.45, 7) is 4.72. The third kappa shape index (κ3) is 3.18. The van der Waals surface area contributed by atoms with Crippen molar-refractivity contribution >= 4 is 23.5 Å². The summed E-state index contributed by atoms with van der Waals surface area (Å²) in [5.74, 6) is 0.101. The van der Waals surface area contributed by atoms with Gasteiger partial charge in [-0.1, -0.05) is 42.1 Å². The van der Waals surface area contributed by atoms with E-state index in [1.165, 1.54) is 25.6 Å². The maximum absolute atomic E-state index is 12.5. The molecule has 1 atom stereocenters. The molecule has 5 nitrogen and oxygen atoms in total. The lowest BCUT2D eigenvalue weighted by Gasteiger charge is -2.38. The van der Waals surface area contributed by atoms with Crippen LogP contribution >= 0.6 is 11.8 Å². The molecule has 0 saturated carbocycles. The van der Waals surface area contributed by atoms with E-state index in [0.29, 0.717) is 22.7 Å². The molecule has 2 aliphatic rings. The van der Waals surface area contributed by atoms with Gasteiger partial charge in [-0.3, -0.25) is 9.59 Å². The van der Waals surface area contributed by atoms with Crippen LogP contribution in [0.4, 0.5) is 0 Å². The maximum atomic E-state index is 12.5. The Hall–Kier alpha value is -2.78. The number of hydrogen-bond acceptors (Lipinski definition) is 6. The summed E-state index contributed by atoms with van der Waals surface area (Å²) in [4.78, 5) is 25.5. The van der Waals surface area contributed by atoms with Gasteiger partial charge in [0.1, 0.15) is 5.76 Å². The minimum atomic E-state index is -0.391. The molecule has 0 N–H and O–H groups in total. The average molecular weight is 366 g/mol. The van der Waals surface area contributed by atoms with Crippen LogP contribution in [0.2, 0.25) is 0 Å². The first-order chi connectivity index (χ1) is 12.4. The van der Waals surface area contributed by atoms with E-state index in [9.17, 15) is 14.9 Å². The maximum Gasteiger partial charge on any atom is 0.307 e. The first-order valence-corrected chi connectivity index (χ1v) is 9.14. The first-order valence-electron chi connectivity index (χ1n) is 8.16. The van der Waals surface area contributed by atoms with Crippen molar-refractivity contribution in [3.05, 3.63) is 69.7 Å². The van der Waals surface area contributed by atoms with Crippen LogP contribution in [-0.2, 0) is 14.3 Å². The highest BCUT2D eigenvalue weighted by atomic mass is 32.2. The molecule has 0 aliphatic carbocycles. The van der Waals surface area contributed by atoms with Crippen LogP contribution in [0.1, 0.15) is 32.3 Å². The zero-order valence-electron chi connectivity index (χ0n) is 14.8. The van der Waals surface area contributed by atoms with Gasteiger partial charge in [0.05, 0.1) is 28.3 Å². The summed E-state index contributed by atoms with van der Waals surface area (Å²) >= 11 is 1.44. The lowest BCUT2D eigenvalue weighted by Crippen LogP contribution is -2.30. The first kappa shape index (κ1) is 18.0. The molecule has 0 saturated heterocycles. The topological polar surface area (TPSA) is 70.4 Å². The number of ketones is 1. The standard InChI is InChI=1S/C20H18N2O3S/c1-12-18(13(2)23)19(15-7-5-4-6-8-15)17(9-21)20-22(12)10-16(11-26-20)25-14(3)24/h4-8,10,19H,11H2,1-3H3. The van der Waals surface area contributed by atoms with E-state index < -0.39 is 5.97 Å². The van der Waals surface area contributed by atoms with E-state index in [4.69, 9.17) is 4.74 Å². The Labute approximate surface area is 156 Å². The van der Waals surface area contributed by atoms with Crippen LogP contribution in [-0.4, -0.2) is 22.4 Å². The van der Waals surface area contributed by atoms with Crippen molar-refractivity contribution in [1.29, 1.82) is 5.26 Å². The van der Waals surface area contributed by atoms with Crippen molar-refractivity contribution in [2.45, 2.75) is 26.7 Å². The minimum absolute atomic E-state index is 0.0823. The van der Waals surface area contributed by atoms with Crippen LogP contribution in [0.25, 0.3) is 0 Å².